The second kappa shape index (κ2) is 12.3. The average molecular weight is 645 g/mol. The Bertz CT molecular complexity index is 1880. The fourth-order valence-electron chi connectivity index (χ4n) is 5.87. The van der Waals surface area contributed by atoms with Crippen molar-refractivity contribution in [3.63, 3.8) is 0 Å². The van der Waals surface area contributed by atoms with Gasteiger partial charge in [-0.15, -0.1) is 23.4 Å². The van der Waals surface area contributed by atoms with Gasteiger partial charge in [0.1, 0.15) is 16.6 Å². The van der Waals surface area contributed by atoms with Gasteiger partial charge in [0, 0.05) is 43.3 Å². The molecule has 2 aliphatic rings. The zero-order valence-electron chi connectivity index (χ0n) is 25.1. The summed E-state index contributed by atoms with van der Waals surface area (Å²) in [5.74, 6) is 0.452. The number of nitrogens with one attached hydrogen (secondary N) is 1. The molecular formula is C33H31F3N8OS. The molecule has 5 aromatic rings. The molecular weight excluding hydrogens is 613 g/mol. The van der Waals surface area contributed by atoms with Gasteiger partial charge in [-0.1, -0.05) is 42.5 Å². The number of fused-ring (bicyclic) bond motifs is 1. The van der Waals surface area contributed by atoms with E-state index in [1.165, 1.54) is 23.5 Å². The van der Waals surface area contributed by atoms with Crippen molar-refractivity contribution < 1.29 is 17.9 Å². The number of rotatable bonds is 9. The Labute approximate surface area is 267 Å². The van der Waals surface area contributed by atoms with Crippen molar-refractivity contribution in [2.75, 3.05) is 42.9 Å². The van der Waals surface area contributed by atoms with E-state index in [1.54, 1.807) is 12.1 Å². The summed E-state index contributed by atoms with van der Waals surface area (Å²) in [6, 6.07) is 20.3. The van der Waals surface area contributed by atoms with E-state index in [4.69, 9.17) is 10.2 Å². The second-order valence-electron chi connectivity index (χ2n) is 11.5. The molecule has 0 unspecified atom stereocenters. The van der Waals surface area contributed by atoms with Crippen molar-refractivity contribution in [3.05, 3.63) is 66.2 Å². The van der Waals surface area contributed by atoms with Gasteiger partial charge in [0.05, 0.1) is 34.9 Å². The highest BCUT2D eigenvalue weighted by atomic mass is 32.1. The monoisotopic (exact) mass is 644 g/mol. The zero-order chi connectivity index (χ0) is 31.8. The van der Waals surface area contributed by atoms with Crippen molar-refractivity contribution in [3.8, 4) is 33.8 Å². The maximum Gasteiger partial charge on any atom is 0.573 e. The van der Waals surface area contributed by atoms with Gasteiger partial charge in [0.15, 0.2) is 0 Å². The van der Waals surface area contributed by atoms with Crippen LogP contribution in [0, 0.1) is 11.3 Å². The highest BCUT2D eigenvalue weighted by Crippen LogP contribution is 2.44. The molecule has 2 fully saturated rings. The minimum absolute atomic E-state index is 0.264. The Hall–Kier alpha value is -4.67. The number of halogens is 3. The third kappa shape index (κ3) is 6.36. The fourth-order valence-corrected chi connectivity index (χ4v) is 6.63. The molecule has 7 rings (SSSR count). The number of nitriles is 1. The number of likely N-dealkylation sites (N-methyl/N-ethyl adjacent to an activating group) is 1. The second-order valence-corrected chi connectivity index (χ2v) is 12.4. The van der Waals surface area contributed by atoms with Gasteiger partial charge in [-0.3, -0.25) is 0 Å². The summed E-state index contributed by atoms with van der Waals surface area (Å²) in [5, 5.41) is 22.8. The van der Waals surface area contributed by atoms with Crippen LogP contribution in [0.15, 0.2) is 60.7 Å². The Morgan fingerprint density at radius 2 is 1.70 bits per heavy atom. The highest BCUT2D eigenvalue weighted by molar-refractivity contribution is 7.18. The topological polar surface area (TPSA) is 95.1 Å². The number of ether oxygens (including phenoxy) is 1. The van der Waals surface area contributed by atoms with E-state index in [9.17, 15) is 13.2 Å². The number of hydrogen-bond donors (Lipinski definition) is 1. The van der Waals surface area contributed by atoms with Gasteiger partial charge in [-0.05, 0) is 61.3 Å². The van der Waals surface area contributed by atoms with Crippen LogP contribution < -0.4 is 15.0 Å². The third-order valence-corrected chi connectivity index (χ3v) is 9.26. The van der Waals surface area contributed by atoms with Crippen LogP contribution in [0.2, 0.25) is 0 Å². The number of piperazine rings is 1. The predicted octanol–water partition coefficient (Wildman–Crippen LogP) is 7.41. The normalized spacial score (nSPS) is 15.7. The van der Waals surface area contributed by atoms with Gasteiger partial charge in [-0.2, -0.15) is 5.26 Å². The van der Waals surface area contributed by atoms with Crippen LogP contribution in [0.25, 0.3) is 33.0 Å². The quantitative estimate of drug-likeness (QED) is 0.177. The van der Waals surface area contributed by atoms with Crippen LogP contribution >= 0.6 is 11.3 Å². The number of alkyl halides is 3. The number of imidazole rings is 1. The standard InChI is InChI=1S/C33H31F3N8OS/c1-2-42-15-17-43(18-16-42)28-20-29-27(19-26(28)39-32-41-40-31(46-32)23-5-3-21(4-6-23)13-14-37)38-30(44(29)24-9-10-24)22-7-11-25(12-8-22)45-33(34,35)36/h3-8,11-12,19-20,24H,2,9-10,13,15-18H2,1H3,(H,39,41). The Morgan fingerprint density at radius 3 is 2.35 bits per heavy atom. The first kappa shape index (κ1) is 30.0. The predicted molar refractivity (Wildman–Crippen MR) is 172 cm³/mol. The molecule has 1 saturated heterocycles. The van der Waals surface area contributed by atoms with E-state index in [0.717, 1.165) is 89.7 Å². The molecule has 0 amide bonds. The van der Waals surface area contributed by atoms with E-state index < -0.39 is 6.36 Å². The number of benzene rings is 3. The van der Waals surface area contributed by atoms with Crippen LogP contribution in [0.3, 0.4) is 0 Å². The van der Waals surface area contributed by atoms with Crippen molar-refractivity contribution in [1.29, 1.82) is 5.26 Å². The molecule has 46 heavy (non-hydrogen) atoms. The Kier molecular flexibility index (Phi) is 8.00. The van der Waals surface area contributed by atoms with Crippen LogP contribution in [0.4, 0.5) is 29.7 Å². The van der Waals surface area contributed by atoms with Crippen molar-refractivity contribution in [2.45, 2.75) is 38.6 Å². The maximum absolute atomic E-state index is 12.8. The van der Waals surface area contributed by atoms with E-state index in [0.29, 0.717) is 17.4 Å². The first-order chi connectivity index (χ1) is 22.3. The molecule has 236 valence electrons. The SMILES string of the molecule is CCN1CCN(c2cc3c(cc2Nc2nnc(-c4ccc(CC#N)cc4)s2)nc(-c2ccc(OC(F)(F)F)cc2)n3C2CC2)CC1. The summed E-state index contributed by atoms with van der Waals surface area (Å²) >= 11 is 1.45. The van der Waals surface area contributed by atoms with Crippen LogP contribution in [0.5, 0.6) is 5.75 Å². The third-order valence-electron chi connectivity index (χ3n) is 8.38. The summed E-state index contributed by atoms with van der Waals surface area (Å²) in [6.07, 6.45) is -2.36. The van der Waals surface area contributed by atoms with E-state index in [2.05, 4.69) is 53.7 Å². The first-order valence-electron chi connectivity index (χ1n) is 15.2. The van der Waals surface area contributed by atoms with Gasteiger partial charge in [0.2, 0.25) is 5.13 Å². The van der Waals surface area contributed by atoms with Crippen molar-refractivity contribution in [2.24, 2.45) is 0 Å². The molecule has 1 saturated carbocycles. The highest BCUT2D eigenvalue weighted by Gasteiger charge is 2.32. The molecule has 1 N–H and O–H groups in total. The van der Waals surface area contributed by atoms with Crippen molar-refractivity contribution in [1.82, 2.24) is 24.6 Å². The Balaban J connectivity index is 1.26. The zero-order valence-corrected chi connectivity index (χ0v) is 25.9. The molecule has 0 radical (unpaired) electrons. The number of aromatic nitrogens is 4. The Morgan fingerprint density at radius 1 is 0.978 bits per heavy atom. The summed E-state index contributed by atoms with van der Waals surface area (Å²) in [6.45, 7) is 6.84. The lowest BCUT2D eigenvalue weighted by Crippen LogP contribution is -2.46. The maximum atomic E-state index is 12.8. The molecule has 2 aromatic heterocycles. The van der Waals surface area contributed by atoms with Crippen molar-refractivity contribution >= 4 is 38.9 Å². The van der Waals surface area contributed by atoms with Crippen LogP contribution in [-0.2, 0) is 6.42 Å². The lowest BCUT2D eigenvalue weighted by Gasteiger charge is -2.36. The summed E-state index contributed by atoms with van der Waals surface area (Å²) in [5.41, 5.74) is 6.29. The molecule has 3 aromatic carbocycles. The fraction of sp³-hybridized carbons (Fsp3) is 0.333. The molecule has 3 heterocycles. The summed E-state index contributed by atoms with van der Waals surface area (Å²) in [4.78, 5) is 9.83. The molecule has 1 aliphatic carbocycles. The minimum Gasteiger partial charge on any atom is -0.406 e. The van der Waals surface area contributed by atoms with E-state index >= 15 is 0 Å². The first-order valence-corrected chi connectivity index (χ1v) is 16.1. The van der Waals surface area contributed by atoms with E-state index in [1.807, 2.05) is 30.3 Å². The van der Waals surface area contributed by atoms with E-state index in [-0.39, 0.29) is 11.8 Å². The van der Waals surface area contributed by atoms with Crippen LogP contribution in [-0.4, -0.2) is 63.7 Å². The van der Waals surface area contributed by atoms with Gasteiger partial charge in [-0.25, -0.2) is 4.98 Å². The summed E-state index contributed by atoms with van der Waals surface area (Å²) in [7, 11) is 0. The number of hydrogen-bond acceptors (Lipinski definition) is 9. The van der Waals surface area contributed by atoms with Gasteiger partial charge < -0.3 is 24.4 Å². The number of nitrogens with zero attached hydrogens (tertiary/aromatic N) is 7. The molecule has 1 aliphatic heterocycles. The molecule has 0 bridgehead atoms. The molecule has 13 heteroatoms. The van der Waals surface area contributed by atoms with Gasteiger partial charge in [0.25, 0.3) is 0 Å². The smallest absolute Gasteiger partial charge is 0.406 e. The lowest BCUT2D eigenvalue weighted by molar-refractivity contribution is -0.274. The minimum atomic E-state index is -4.75. The molecule has 9 nitrogen and oxygen atoms in total. The van der Waals surface area contributed by atoms with Gasteiger partial charge >= 0.3 is 6.36 Å². The number of anilines is 3. The summed E-state index contributed by atoms with van der Waals surface area (Å²) < 4.78 is 44.6. The lowest BCUT2D eigenvalue weighted by atomic mass is 10.1. The molecule has 0 spiro atoms. The average Bonchev–Trinajstić information content (AvgIpc) is 3.66. The van der Waals surface area contributed by atoms with Crippen LogP contribution in [0.1, 0.15) is 31.4 Å². The molecule has 0 atom stereocenters. The largest absolute Gasteiger partial charge is 0.573 e.